The summed E-state index contributed by atoms with van der Waals surface area (Å²) in [4.78, 5) is 19.6. The maximum Gasteiger partial charge on any atom is 0.325 e. The summed E-state index contributed by atoms with van der Waals surface area (Å²) in [5.41, 5.74) is 11.2. The van der Waals surface area contributed by atoms with Crippen LogP contribution in [0.5, 0.6) is 11.8 Å². The van der Waals surface area contributed by atoms with Crippen LogP contribution in [-0.2, 0) is 0 Å². The lowest BCUT2D eigenvalue weighted by Crippen LogP contribution is -2.30. The molecule has 1 saturated carbocycles. The van der Waals surface area contributed by atoms with E-state index in [9.17, 15) is 4.39 Å². The van der Waals surface area contributed by atoms with Crippen LogP contribution in [0.3, 0.4) is 0 Å². The van der Waals surface area contributed by atoms with E-state index in [1.54, 1.807) is 24.5 Å². The number of fused-ring (bicyclic) bond motifs is 5. The van der Waals surface area contributed by atoms with Crippen molar-refractivity contribution in [3.05, 3.63) is 41.7 Å². The van der Waals surface area contributed by atoms with Gasteiger partial charge in [-0.05, 0) is 48.9 Å². The van der Waals surface area contributed by atoms with Gasteiger partial charge in [0.25, 0.3) is 0 Å². The quantitative estimate of drug-likeness (QED) is 0.331. The number of rotatable bonds is 4. The van der Waals surface area contributed by atoms with Crippen molar-refractivity contribution in [3.63, 3.8) is 0 Å². The van der Waals surface area contributed by atoms with Crippen LogP contribution in [0.4, 0.5) is 15.9 Å². The van der Waals surface area contributed by atoms with Gasteiger partial charge in [-0.1, -0.05) is 0 Å². The highest BCUT2D eigenvalue weighted by molar-refractivity contribution is 7.16. The van der Waals surface area contributed by atoms with Gasteiger partial charge in [0, 0.05) is 37.6 Å². The van der Waals surface area contributed by atoms with Gasteiger partial charge in [-0.25, -0.2) is 9.37 Å². The Morgan fingerprint density at radius 3 is 2.97 bits per heavy atom. The Balaban J connectivity index is 1.39. The lowest BCUT2D eigenvalue weighted by Gasteiger charge is -2.21. The molecule has 0 unspecified atom stereocenters. The number of nitrogens with two attached hydrogens (primary N) is 1. The maximum atomic E-state index is 14.6. The van der Waals surface area contributed by atoms with E-state index in [-0.39, 0.29) is 17.9 Å². The number of anilines is 2. The fourth-order valence-electron chi connectivity index (χ4n) is 5.78. The first kappa shape index (κ1) is 20.8. The van der Waals surface area contributed by atoms with Crippen LogP contribution in [-0.4, -0.2) is 46.1 Å². The van der Waals surface area contributed by atoms with E-state index in [0.717, 1.165) is 58.3 Å². The van der Waals surface area contributed by atoms with Crippen molar-refractivity contribution in [2.75, 3.05) is 30.4 Å². The Hall–Kier alpha value is -3.50. The monoisotopic (exact) mass is 489 g/mol. The average Bonchev–Trinajstić information content (AvgIpc) is 3.62. The predicted molar refractivity (Wildman–Crippen MR) is 137 cm³/mol. The minimum Gasteiger partial charge on any atom is -0.424 e. The third-order valence-electron chi connectivity index (χ3n) is 7.48. The van der Waals surface area contributed by atoms with Crippen molar-refractivity contribution in [2.24, 2.45) is 17.6 Å². The van der Waals surface area contributed by atoms with Gasteiger partial charge in [-0.15, -0.1) is 11.3 Å². The number of halogens is 1. The first-order valence-corrected chi connectivity index (χ1v) is 12.7. The van der Waals surface area contributed by atoms with E-state index in [4.69, 9.17) is 20.4 Å². The SMILES string of the molecule is CNc1cc(F)cc2c1[nH]c1nc(Oc3ccc4ncsc4c3)nc(N3C[C@H]4CC[C@@H](N)[C@H]4C3)c12. The lowest BCUT2D eigenvalue weighted by molar-refractivity contribution is 0.444. The summed E-state index contributed by atoms with van der Waals surface area (Å²) in [7, 11) is 1.78. The number of thiazole rings is 1. The van der Waals surface area contributed by atoms with Crippen LogP contribution >= 0.6 is 11.3 Å². The fraction of sp³-hybridized carbons (Fsp3) is 0.320. The van der Waals surface area contributed by atoms with Gasteiger partial charge in [-0.2, -0.15) is 9.97 Å². The van der Waals surface area contributed by atoms with E-state index >= 15 is 0 Å². The van der Waals surface area contributed by atoms with Gasteiger partial charge in [-0.3, -0.25) is 0 Å². The van der Waals surface area contributed by atoms with Crippen LogP contribution in [0.25, 0.3) is 32.2 Å². The summed E-state index contributed by atoms with van der Waals surface area (Å²) in [6, 6.07) is 9.22. The van der Waals surface area contributed by atoms with Gasteiger partial charge >= 0.3 is 6.01 Å². The standard InChI is InChI=1S/C25H24FN7OS/c1-28-19-7-13(26)6-15-21-23(30-22(15)19)31-25(34-14-3-5-18-20(8-14)35-11-29-18)32-24(21)33-9-12-2-4-17(27)16(12)10-33/h3,5-8,11-12,16-17,28H,2,4,9-10,27H2,1H3,(H,30,31,32)/t12-,16+,17-/m1/s1. The van der Waals surface area contributed by atoms with Crippen molar-refractivity contribution in [1.29, 1.82) is 0 Å². The highest BCUT2D eigenvalue weighted by atomic mass is 32.1. The number of H-pyrrole nitrogens is 1. The number of hydrogen-bond acceptors (Lipinski definition) is 8. The van der Waals surface area contributed by atoms with Crippen molar-refractivity contribution in [2.45, 2.75) is 18.9 Å². The average molecular weight is 490 g/mol. The van der Waals surface area contributed by atoms with Crippen molar-refractivity contribution in [3.8, 4) is 11.8 Å². The number of benzene rings is 2. The molecule has 2 aromatic carbocycles. The molecule has 0 spiro atoms. The highest BCUT2D eigenvalue weighted by Crippen LogP contribution is 2.43. The van der Waals surface area contributed by atoms with Crippen molar-refractivity contribution >= 4 is 55.0 Å². The number of nitrogens with one attached hydrogen (secondary N) is 2. The lowest BCUT2D eigenvalue weighted by atomic mass is 9.98. The molecule has 0 radical (unpaired) electrons. The molecule has 1 saturated heterocycles. The van der Waals surface area contributed by atoms with E-state index in [1.807, 2.05) is 23.7 Å². The minimum absolute atomic E-state index is 0.209. The third-order valence-corrected chi connectivity index (χ3v) is 8.27. The van der Waals surface area contributed by atoms with E-state index < -0.39 is 0 Å². The number of aromatic nitrogens is 4. The Labute approximate surface area is 204 Å². The zero-order chi connectivity index (χ0) is 23.7. The maximum absolute atomic E-state index is 14.6. The molecule has 4 heterocycles. The summed E-state index contributed by atoms with van der Waals surface area (Å²) in [5, 5.41) is 4.63. The summed E-state index contributed by atoms with van der Waals surface area (Å²) < 4.78 is 21.7. The zero-order valence-corrected chi connectivity index (χ0v) is 19.9. The second kappa shape index (κ2) is 7.76. The Bertz CT molecular complexity index is 1600. The minimum atomic E-state index is -0.313. The summed E-state index contributed by atoms with van der Waals surface area (Å²) >= 11 is 1.56. The summed E-state index contributed by atoms with van der Waals surface area (Å²) in [5.74, 6) is 2.07. The molecular formula is C25H24FN7OS. The zero-order valence-electron chi connectivity index (χ0n) is 19.1. The molecule has 35 heavy (non-hydrogen) atoms. The molecule has 2 aliphatic rings. The molecule has 0 amide bonds. The van der Waals surface area contributed by atoms with E-state index in [0.29, 0.717) is 28.9 Å². The first-order valence-electron chi connectivity index (χ1n) is 11.8. The third kappa shape index (κ3) is 3.31. The van der Waals surface area contributed by atoms with E-state index in [2.05, 4.69) is 20.2 Å². The topological polar surface area (TPSA) is 105 Å². The molecule has 4 N–H and O–H groups in total. The van der Waals surface area contributed by atoms with Gasteiger partial charge in [0.15, 0.2) is 0 Å². The molecule has 178 valence electrons. The second-order valence-corrected chi connectivity index (χ2v) is 10.3. The van der Waals surface area contributed by atoms with Crippen LogP contribution in [0.15, 0.2) is 35.8 Å². The van der Waals surface area contributed by atoms with Gasteiger partial charge in [0.1, 0.15) is 23.0 Å². The molecule has 3 atom stereocenters. The van der Waals surface area contributed by atoms with Crippen LogP contribution < -0.4 is 20.7 Å². The normalized spacial score (nSPS) is 21.9. The molecule has 2 fully saturated rings. The number of aromatic amines is 1. The van der Waals surface area contributed by atoms with Gasteiger partial charge in [0.2, 0.25) is 0 Å². The largest absolute Gasteiger partial charge is 0.424 e. The summed E-state index contributed by atoms with van der Waals surface area (Å²) in [6.07, 6.45) is 2.20. The first-order chi connectivity index (χ1) is 17.1. The molecule has 8 nitrogen and oxygen atoms in total. The second-order valence-electron chi connectivity index (χ2n) is 9.46. The number of ether oxygens (including phenoxy) is 1. The fourth-order valence-corrected chi connectivity index (χ4v) is 6.49. The highest BCUT2D eigenvalue weighted by Gasteiger charge is 2.42. The number of nitrogens with zero attached hydrogens (tertiary/aromatic N) is 4. The molecular weight excluding hydrogens is 465 g/mol. The number of hydrogen-bond donors (Lipinski definition) is 3. The Morgan fingerprint density at radius 2 is 2.11 bits per heavy atom. The van der Waals surface area contributed by atoms with Crippen LogP contribution in [0, 0.1) is 17.7 Å². The van der Waals surface area contributed by atoms with Crippen LogP contribution in [0.1, 0.15) is 12.8 Å². The summed E-state index contributed by atoms with van der Waals surface area (Å²) in [6.45, 7) is 1.70. The molecule has 1 aliphatic heterocycles. The van der Waals surface area contributed by atoms with Crippen LogP contribution in [0.2, 0.25) is 0 Å². The van der Waals surface area contributed by atoms with Gasteiger partial charge in [0.05, 0.1) is 32.3 Å². The molecule has 1 aliphatic carbocycles. The Morgan fingerprint density at radius 1 is 1.20 bits per heavy atom. The molecule has 10 heteroatoms. The van der Waals surface area contributed by atoms with Gasteiger partial charge < -0.3 is 25.7 Å². The Kier molecular flexibility index (Phi) is 4.62. The molecule has 0 bridgehead atoms. The predicted octanol–water partition coefficient (Wildman–Crippen LogP) is 4.87. The molecule has 3 aromatic heterocycles. The van der Waals surface area contributed by atoms with Crippen molar-refractivity contribution < 1.29 is 9.13 Å². The molecule has 5 aromatic rings. The van der Waals surface area contributed by atoms with Crippen molar-refractivity contribution in [1.82, 2.24) is 19.9 Å². The smallest absolute Gasteiger partial charge is 0.325 e. The molecule has 7 rings (SSSR count). The van der Waals surface area contributed by atoms with E-state index in [1.165, 1.54) is 6.07 Å².